The number of nitrogens with one attached hydrogen (secondary N) is 1. The third kappa shape index (κ3) is 6.00. The van der Waals surface area contributed by atoms with Crippen LogP contribution in [0.1, 0.15) is 6.92 Å². The van der Waals surface area contributed by atoms with Gasteiger partial charge in [-0.15, -0.1) is 11.8 Å². The molecule has 1 aromatic heterocycles. The van der Waals surface area contributed by atoms with Gasteiger partial charge in [0.2, 0.25) is 5.95 Å². The number of piperazine rings is 1. The van der Waals surface area contributed by atoms with Crippen LogP contribution in [0.3, 0.4) is 0 Å². The Kier molecular flexibility index (Phi) is 7.98. The average Bonchev–Trinajstić information content (AvgIpc) is 2.79. The van der Waals surface area contributed by atoms with E-state index in [1.807, 2.05) is 37.0 Å². The monoisotopic (exact) mass is 414 g/mol. The second-order valence-electron chi connectivity index (χ2n) is 7.02. The van der Waals surface area contributed by atoms with Crippen LogP contribution in [0.25, 0.3) is 0 Å². The molecule has 2 aromatic rings. The molecule has 8 heteroatoms. The molecule has 0 spiro atoms. The average molecular weight is 415 g/mol. The fourth-order valence-electron chi connectivity index (χ4n) is 3.20. The SMILES string of the molecule is CN=C(NCC(C)CSc1ccccc1OC)N1CCN(c2ncccn2)CC1. The number of hydrogen-bond acceptors (Lipinski definition) is 6. The summed E-state index contributed by atoms with van der Waals surface area (Å²) in [6.45, 7) is 6.74. The minimum atomic E-state index is 0.501. The van der Waals surface area contributed by atoms with Crippen LogP contribution in [0.4, 0.5) is 5.95 Å². The lowest BCUT2D eigenvalue weighted by Crippen LogP contribution is -2.53. The van der Waals surface area contributed by atoms with Crippen LogP contribution in [0.5, 0.6) is 5.75 Å². The zero-order valence-electron chi connectivity index (χ0n) is 17.4. The zero-order chi connectivity index (χ0) is 20.5. The van der Waals surface area contributed by atoms with Crippen molar-refractivity contribution in [3.05, 3.63) is 42.7 Å². The molecule has 0 saturated carbocycles. The van der Waals surface area contributed by atoms with Crippen molar-refractivity contribution in [2.75, 3.05) is 57.5 Å². The lowest BCUT2D eigenvalue weighted by molar-refractivity contribution is 0.368. The minimum Gasteiger partial charge on any atom is -0.496 e. The molecule has 0 amide bonds. The van der Waals surface area contributed by atoms with Gasteiger partial charge in [-0.2, -0.15) is 0 Å². The van der Waals surface area contributed by atoms with Crippen LogP contribution in [-0.2, 0) is 0 Å². The molecule has 0 aliphatic carbocycles. The van der Waals surface area contributed by atoms with E-state index >= 15 is 0 Å². The molecule has 1 fully saturated rings. The first-order chi connectivity index (χ1) is 14.2. The summed E-state index contributed by atoms with van der Waals surface area (Å²) in [6, 6.07) is 10.0. The molecular weight excluding hydrogens is 384 g/mol. The predicted molar refractivity (Wildman–Crippen MR) is 120 cm³/mol. The number of aliphatic imine (C=N–C) groups is 1. The first-order valence-corrected chi connectivity index (χ1v) is 10.9. The molecule has 1 aliphatic rings. The van der Waals surface area contributed by atoms with Crippen LogP contribution in [0.2, 0.25) is 0 Å². The highest BCUT2D eigenvalue weighted by Gasteiger charge is 2.21. The maximum atomic E-state index is 5.44. The number of para-hydroxylation sites is 1. The maximum Gasteiger partial charge on any atom is 0.225 e. The van der Waals surface area contributed by atoms with Gasteiger partial charge >= 0.3 is 0 Å². The lowest BCUT2D eigenvalue weighted by atomic mass is 10.2. The van der Waals surface area contributed by atoms with Crippen LogP contribution in [0.15, 0.2) is 52.6 Å². The number of aromatic nitrogens is 2. The molecule has 1 N–H and O–H groups in total. The van der Waals surface area contributed by atoms with E-state index in [0.717, 1.165) is 56.1 Å². The van der Waals surface area contributed by atoms with Gasteiger partial charge in [-0.1, -0.05) is 19.1 Å². The molecule has 7 nitrogen and oxygen atoms in total. The molecule has 156 valence electrons. The van der Waals surface area contributed by atoms with Gasteiger partial charge in [-0.05, 0) is 24.1 Å². The number of ether oxygens (including phenoxy) is 1. The Labute approximate surface area is 177 Å². The zero-order valence-corrected chi connectivity index (χ0v) is 18.2. The predicted octanol–water partition coefficient (Wildman–Crippen LogP) is 2.61. The number of anilines is 1. The van der Waals surface area contributed by atoms with E-state index in [1.165, 1.54) is 4.90 Å². The first kappa shape index (κ1) is 21.2. The van der Waals surface area contributed by atoms with E-state index in [1.54, 1.807) is 19.5 Å². The van der Waals surface area contributed by atoms with Gasteiger partial charge in [-0.25, -0.2) is 9.97 Å². The summed E-state index contributed by atoms with van der Waals surface area (Å²) in [5, 5.41) is 3.54. The van der Waals surface area contributed by atoms with Gasteiger partial charge < -0.3 is 19.9 Å². The first-order valence-electron chi connectivity index (χ1n) is 9.94. The maximum absolute atomic E-state index is 5.44. The fraction of sp³-hybridized carbons (Fsp3) is 0.476. The third-order valence-corrected chi connectivity index (χ3v) is 6.21. The van der Waals surface area contributed by atoms with E-state index in [9.17, 15) is 0 Å². The van der Waals surface area contributed by atoms with Crippen molar-refractivity contribution in [2.24, 2.45) is 10.9 Å². The van der Waals surface area contributed by atoms with E-state index in [2.05, 4.69) is 49.1 Å². The van der Waals surface area contributed by atoms with Crippen LogP contribution >= 0.6 is 11.8 Å². The van der Waals surface area contributed by atoms with E-state index < -0.39 is 0 Å². The summed E-state index contributed by atoms with van der Waals surface area (Å²) in [6.07, 6.45) is 3.58. The van der Waals surface area contributed by atoms with Crippen molar-refractivity contribution in [3.8, 4) is 5.75 Å². The highest BCUT2D eigenvalue weighted by molar-refractivity contribution is 7.99. The number of benzene rings is 1. The fourth-order valence-corrected chi connectivity index (χ4v) is 4.25. The van der Waals surface area contributed by atoms with Crippen molar-refractivity contribution in [3.63, 3.8) is 0 Å². The van der Waals surface area contributed by atoms with E-state index in [4.69, 9.17) is 4.74 Å². The Balaban J connectivity index is 1.43. The van der Waals surface area contributed by atoms with Crippen LogP contribution in [-0.4, -0.2) is 73.5 Å². The number of methoxy groups -OCH3 is 1. The van der Waals surface area contributed by atoms with E-state index in [-0.39, 0.29) is 0 Å². The molecule has 1 aliphatic heterocycles. The van der Waals surface area contributed by atoms with Crippen molar-refractivity contribution < 1.29 is 4.74 Å². The molecule has 3 rings (SSSR count). The molecule has 1 unspecified atom stereocenters. The summed E-state index contributed by atoms with van der Waals surface area (Å²) < 4.78 is 5.44. The molecule has 1 saturated heterocycles. The standard InChI is InChI=1S/C21H30N6OS/c1-17(16-29-19-8-5-4-7-18(19)28-3)15-25-20(22-2)26-11-13-27(14-12-26)21-23-9-6-10-24-21/h4-10,17H,11-16H2,1-3H3,(H,22,25). The quantitative estimate of drug-likeness (QED) is 0.424. The summed E-state index contributed by atoms with van der Waals surface area (Å²) >= 11 is 1.83. The minimum absolute atomic E-state index is 0.501. The molecule has 29 heavy (non-hydrogen) atoms. The number of hydrogen-bond donors (Lipinski definition) is 1. The smallest absolute Gasteiger partial charge is 0.225 e. The Hall–Kier alpha value is -2.48. The molecule has 0 bridgehead atoms. The highest BCUT2D eigenvalue weighted by Crippen LogP contribution is 2.29. The Bertz CT molecular complexity index is 780. The van der Waals surface area contributed by atoms with Crippen molar-refractivity contribution in [2.45, 2.75) is 11.8 Å². The van der Waals surface area contributed by atoms with Crippen molar-refractivity contribution in [1.29, 1.82) is 0 Å². The third-order valence-electron chi connectivity index (χ3n) is 4.83. The highest BCUT2D eigenvalue weighted by atomic mass is 32.2. The molecule has 1 atom stereocenters. The van der Waals surface area contributed by atoms with Gasteiger partial charge in [0.1, 0.15) is 5.75 Å². The summed E-state index contributed by atoms with van der Waals surface area (Å²) in [7, 11) is 3.57. The number of rotatable bonds is 7. The van der Waals surface area contributed by atoms with Gasteiger partial charge in [0.25, 0.3) is 0 Å². The van der Waals surface area contributed by atoms with Gasteiger partial charge in [0.15, 0.2) is 5.96 Å². The van der Waals surface area contributed by atoms with Gasteiger partial charge in [0.05, 0.1) is 7.11 Å². The normalized spacial score (nSPS) is 15.9. The molecular formula is C21H30N6OS. The Morgan fingerprint density at radius 2 is 1.90 bits per heavy atom. The van der Waals surface area contributed by atoms with E-state index in [0.29, 0.717) is 5.92 Å². The van der Waals surface area contributed by atoms with Gasteiger partial charge in [-0.3, -0.25) is 4.99 Å². The molecule has 2 heterocycles. The molecule has 0 radical (unpaired) electrons. The molecule has 1 aromatic carbocycles. The summed E-state index contributed by atoms with van der Waals surface area (Å²) in [4.78, 5) is 18.9. The largest absolute Gasteiger partial charge is 0.496 e. The van der Waals surface area contributed by atoms with Crippen LogP contribution < -0.4 is 15.0 Å². The lowest BCUT2D eigenvalue weighted by Gasteiger charge is -2.36. The number of nitrogens with zero attached hydrogens (tertiary/aromatic N) is 5. The van der Waals surface area contributed by atoms with Crippen molar-refractivity contribution >= 4 is 23.7 Å². The summed E-state index contributed by atoms with van der Waals surface area (Å²) in [5.41, 5.74) is 0. The van der Waals surface area contributed by atoms with Crippen molar-refractivity contribution in [1.82, 2.24) is 20.2 Å². The number of guanidine groups is 1. The Morgan fingerprint density at radius 3 is 2.59 bits per heavy atom. The second kappa shape index (κ2) is 10.9. The number of thioether (sulfide) groups is 1. The Morgan fingerprint density at radius 1 is 1.17 bits per heavy atom. The van der Waals surface area contributed by atoms with Gasteiger partial charge in [0, 0.05) is 62.8 Å². The van der Waals surface area contributed by atoms with Crippen LogP contribution in [0, 0.1) is 5.92 Å². The second-order valence-corrected chi connectivity index (χ2v) is 8.08. The summed E-state index contributed by atoms with van der Waals surface area (Å²) in [5.74, 6) is 4.23. The topological polar surface area (TPSA) is 65.9 Å².